The van der Waals surface area contributed by atoms with Crippen molar-refractivity contribution < 1.29 is 28.9 Å². The van der Waals surface area contributed by atoms with E-state index in [4.69, 9.17) is 14.2 Å². The molecule has 6 heteroatoms. The highest BCUT2D eigenvalue weighted by molar-refractivity contribution is 5.55. The van der Waals surface area contributed by atoms with E-state index >= 15 is 0 Å². The first kappa shape index (κ1) is 14.7. The molecule has 2 N–H and O–H groups in total. The van der Waals surface area contributed by atoms with Gasteiger partial charge in [-0.3, -0.25) is 4.48 Å². The third kappa shape index (κ3) is 1.51. The fourth-order valence-corrected chi connectivity index (χ4v) is 5.29. The predicted molar refractivity (Wildman–Crippen MR) is 84.4 cm³/mol. The predicted octanol–water partition coefficient (Wildman–Crippen LogP) is 1.17. The Kier molecular flexibility index (Phi) is 2.77. The number of rotatable bonds is 1. The number of aliphatic hydroxyl groups is 2. The number of aliphatic hydroxyl groups excluding tert-OH is 2. The molecule has 1 aromatic carbocycles. The van der Waals surface area contributed by atoms with Crippen LogP contribution in [0.2, 0.25) is 0 Å². The Morgan fingerprint density at radius 1 is 1.25 bits per heavy atom. The van der Waals surface area contributed by atoms with Gasteiger partial charge in [-0.25, -0.2) is 0 Å². The van der Waals surface area contributed by atoms with Gasteiger partial charge < -0.3 is 24.4 Å². The number of hydrogen-bond donors (Lipinski definition) is 2. The fourth-order valence-electron chi connectivity index (χ4n) is 5.29. The SMILES string of the molecule is CO[C@@H]1C=C[C@]23C[C@@H](O)[N@+](C)([C@@H](O)c4cc5c(cc42)OCO5)[C@H]3C1. The minimum atomic E-state index is -0.797. The van der Waals surface area contributed by atoms with Crippen molar-refractivity contribution in [2.75, 3.05) is 21.0 Å². The first-order valence-electron chi connectivity index (χ1n) is 8.38. The number of hydrogen-bond acceptors (Lipinski definition) is 5. The van der Waals surface area contributed by atoms with Gasteiger partial charge in [0.05, 0.1) is 18.6 Å². The second-order valence-corrected chi connectivity index (χ2v) is 7.50. The second-order valence-electron chi connectivity index (χ2n) is 7.50. The minimum absolute atomic E-state index is 0.00800. The first-order valence-corrected chi connectivity index (χ1v) is 8.38. The van der Waals surface area contributed by atoms with Crippen molar-refractivity contribution in [3.8, 4) is 11.5 Å². The lowest BCUT2D eigenvalue weighted by Gasteiger charge is -2.51. The Morgan fingerprint density at radius 3 is 2.75 bits per heavy atom. The van der Waals surface area contributed by atoms with Gasteiger partial charge in [-0.2, -0.15) is 0 Å². The Hall–Kier alpha value is -1.60. The van der Waals surface area contributed by atoms with Gasteiger partial charge in [0.1, 0.15) is 6.04 Å². The van der Waals surface area contributed by atoms with Crippen molar-refractivity contribution in [3.05, 3.63) is 35.4 Å². The summed E-state index contributed by atoms with van der Waals surface area (Å²) in [7, 11) is 3.65. The molecule has 0 radical (unpaired) electrons. The van der Waals surface area contributed by atoms with E-state index in [0.717, 1.165) is 17.5 Å². The maximum atomic E-state index is 11.2. The number of quaternary nitrogens is 1. The molecule has 24 heavy (non-hydrogen) atoms. The smallest absolute Gasteiger partial charge is 0.231 e. The molecule has 2 bridgehead atoms. The van der Waals surface area contributed by atoms with E-state index in [2.05, 4.69) is 12.2 Å². The van der Waals surface area contributed by atoms with Crippen LogP contribution in [0.3, 0.4) is 0 Å². The Morgan fingerprint density at radius 2 is 2.00 bits per heavy atom. The van der Waals surface area contributed by atoms with Crippen LogP contribution in [0.1, 0.15) is 30.2 Å². The largest absolute Gasteiger partial charge is 0.454 e. The molecule has 3 heterocycles. The van der Waals surface area contributed by atoms with E-state index in [9.17, 15) is 10.2 Å². The second kappa shape index (κ2) is 4.52. The summed E-state index contributed by atoms with van der Waals surface area (Å²) < 4.78 is 16.8. The lowest BCUT2D eigenvalue weighted by Crippen LogP contribution is -2.62. The molecule has 1 aromatic rings. The number of likely N-dealkylation sites (N-methyl/N-ethyl adjacent to an activating group) is 1. The third-order valence-electron chi connectivity index (χ3n) is 6.65. The standard InChI is InChI=1S/C18H22NO5/c1-19-15-5-10(22-2)3-4-18(15,8-16(19)20)12-7-14-13(23-9-24-14)6-11(12)17(19)21/h3-4,6-7,10,15-17,20-21H,5,8-9H2,1-2H3/q+1/t10-,15+,16-,17+,18+,19-/m1/s1. The van der Waals surface area contributed by atoms with Gasteiger partial charge >= 0.3 is 0 Å². The zero-order valence-corrected chi connectivity index (χ0v) is 13.8. The molecular formula is C18H22NO5+. The highest BCUT2D eigenvalue weighted by Gasteiger charge is 2.68. The van der Waals surface area contributed by atoms with Crippen molar-refractivity contribution in [2.24, 2.45) is 0 Å². The molecular weight excluding hydrogens is 310 g/mol. The molecule has 128 valence electrons. The first-order chi connectivity index (χ1) is 11.5. The lowest BCUT2D eigenvalue weighted by molar-refractivity contribution is -1.01. The zero-order chi connectivity index (χ0) is 16.7. The number of methoxy groups -OCH3 is 1. The highest BCUT2D eigenvalue weighted by atomic mass is 16.7. The van der Waals surface area contributed by atoms with E-state index in [1.54, 1.807) is 7.11 Å². The number of ether oxygens (including phenoxy) is 3. The van der Waals surface area contributed by atoms with Crippen molar-refractivity contribution in [1.82, 2.24) is 0 Å². The van der Waals surface area contributed by atoms with E-state index in [0.29, 0.717) is 17.9 Å². The van der Waals surface area contributed by atoms with Crippen molar-refractivity contribution in [2.45, 2.75) is 42.9 Å². The molecule has 6 atom stereocenters. The molecule has 3 aliphatic heterocycles. The maximum Gasteiger partial charge on any atom is 0.231 e. The molecule has 0 aromatic heterocycles. The molecule has 0 saturated carbocycles. The molecule has 5 rings (SSSR count). The van der Waals surface area contributed by atoms with Crippen LogP contribution in [0.4, 0.5) is 0 Å². The molecule has 0 spiro atoms. The molecule has 1 saturated heterocycles. The van der Waals surface area contributed by atoms with Gasteiger partial charge in [0, 0.05) is 25.5 Å². The van der Waals surface area contributed by atoms with E-state index in [1.165, 1.54) is 0 Å². The third-order valence-corrected chi connectivity index (χ3v) is 6.65. The molecule has 0 amide bonds. The average molecular weight is 332 g/mol. The normalized spacial score (nSPS) is 44.3. The van der Waals surface area contributed by atoms with Crippen LogP contribution in [-0.2, 0) is 10.2 Å². The molecule has 1 fully saturated rings. The van der Waals surface area contributed by atoms with Crippen LogP contribution >= 0.6 is 0 Å². The molecule has 6 nitrogen and oxygen atoms in total. The highest BCUT2D eigenvalue weighted by Crippen LogP contribution is 2.61. The molecule has 4 aliphatic rings. The zero-order valence-electron chi connectivity index (χ0n) is 13.8. The van der Waals surface area contributed by atoms with Gasteiger partial charge in [-0.15, -0.1) is 0 Å². The van der Waals surface area contributed by atoms with E-state index in [1.807, 2.05) is 19.2 Å². The summed E-state index contributed by atoms with van der Waals surface area (Å²) in [5, 5.41) is 22.0. The van der Waals surface area contributed by atoms with Crippen molar-refractivity contribution >= 4 is 0 Å². The summed E-state index contributed by atoms with van der Waals surface area (Å²) in [4.78, 5) is 0. The Bertz CT molecular complexity index is 749. The number of benzene rings is 1. The summed E-state index contributed by atoms with van der Waals surface area (Å²) in [5.74, 6) is 1.38. The number of fused-ring (bicyclic) bond motifs is 2. The van der Waals surface area contributed by atoms with Gasteiger partial charge in [0.15, 0.2) is 17.7 Å². The average Bonchev–Trinajstić information content (AvgIpc) is 3.12. The summed E-state index contributed by atoms with van der Waals surface area (Å²) in [6, 6.07) is 3.93. The quantitative estimate of drug-likeness (QED) is 0.597. The summed E-state index contributed by atoms with van der Waals surface area (Å²) >= 11 is 0. The van der Waals surface area contributed by atoms with Crippen LogP contribution in [0, 0.1) is 0 Å². The molecule has 1 aliphatic carbocycles. The monoisotopic (exact) mass is 332 g/mol. The Labute approximate surface area is 140 Å². The van der Waals surface area contributed by atoms with Gasteiger partial charge in [0.25, 0.3) is 0 Å². The van der Waals surface area contributed by atoms with E-state index < -0.39 is 12.5 Å². The van der Waals surface area contributed by atoms with Gasteiger partial charge in [-0.1, -0.05) is 12.2 Å². The van der Waals surface area contributed by atoms with Crippen molar-refractivity contribution in [1.29, 1.82) is 0 Å². The summed E-state index contributed by atoms with van der Waals surface area (Å²) in [6.45, 7) is 0.209. The van der Waals surface area contributed by atoms with Gasteiger partial charge in [0.2, 0.25) is 13.0 Å². The maximum absolute atomic E-state index is 11.2. The topological polar surface area (TPSA) is 68.2 Å². The van der Waals surface area contributed by atoms with Gasteiger partial charge in [-0.05, 0) is 17.7 Å². The van der Waals surface area contributed by atoms with E-state index in [-0.39, 0.29) is 28.8 Å². The minimum Gasteiger partial charge on any atom is -0.454 e. The molecule has 0 unspecified atom stereocenters. The Balaban J connectivity index is 1.78. The van der Waals surface area contributed by atoms with Crippen LogP contribution < -0.4 is 9.47 Å². The summed E-state index contributed by atoms with van der Waals surface area (Å²) in [6.07, 6.45) is 4.20. The van der Waals surface area contributed by atoms with Crippen LogP contribution in [0.5, 0.6) is 11.5 Å². The lowest BCUT2D eigenvalue weighted by atomic mass is 9.65. The van der Waals surface area contributed by atoms with Crippen molar-refractivity contribution in [3.63, 3.8) is 0 Å². The van der Waals surface area contributed by atoms with Crippen LogP contribution in [0.15, 0.2) is 24.3 Å². The van der Waals surface area contributed by atoms with Crippen LogP contribution in [0.25, 0.3) is 0 Å². The number of nitrogens with zero attached hydrogens (tertiary/aromatic N) is 1. The fraction of sp³-hybridized carbons (Fsp3) is 0.556. The summed E-state index contributed by atoms with van der Waals surface area (Å²) in [5.41, 5.74) is 1.57. The van der Waals surface area contributed by atoms with Crippen LogP contribution in [-0.4, -0.2) is 54.0 Å².